The van der Waals surface area contributed by atoms with Crippen LogP contribution in [0.5, 0.6) is 0 Å². The Balaban J connectivity index is 1.62. The van der Waals surface area contributed by atoms with Crippen LogP contribution in [0.15, 0.2) is 35.7 Å². The highest BCUT2D eigenvalue weighted by atomic mass is 32.1. The lowest BCUT2D eigenvalue weighted by Gasteiger charge is -2.31. The maximum atomic E-state index is 13.2. The third kappa shape index (κ3) is 4.00. The van der Waals surface area contributed by atoms with Crippen LogP contribution in [0.2, 0.25) is 0 Å². The van der Waals surface area contributed by atoms with E-state index in [-0.39, 0.29) is 11.8 Å². The Kier molecular flexibility index (Phi) is 5.43. The Bertz CT molecular complexity index is 807. The van der Waals surface area contributed by atoms with Gasteiger partial charge in [0.15, 0.2) is 0 Å². The molecule has 0 unspecified atom stereocenters. The van der Waals surface area contributed by atoms with Crippen molar-refractivity contribution in [2.75, 3.05) is 36.4 Å². The number of carbonyl (C=O) groups is 2. The molecule has 2 aromatic rings. The second kappa shape index (κ2) is 8.13. The second-order valence-corrected chi connectivity index (χ2v) is 8.16. The molecule has 0 aliphatic carbocycles. The molecule has 0 atom stereocenters. The van der Waals surface area contributed by atoms with Crippen molar-refractivity contribution in [1.29, 1.82) is 0 Å². The van der Waals surface area contributed by atoms with Crippen LogP contribution in [0.3, 0.4) is 0 Å². The summed E-state index contributed by atoms with van der Waals surface area (Å²) in [6.07, 6.45) is 5.71. The first-order valence-electron chi connectivity index (χ1n) is 9.75. The van der Waals surface area contributed by atoms with Crippen molar-refractivity contribution in [3.05, 3.63) is 46.2 Å². The number of amides is 2. The van der Waals surface area contributed by atoms with Gasteiger partial charge in [0.05, 0.1) is 10.4 Å². The van der Waals surface area contributed by atoms with Crippen molar-refractivity contribution >= 4 is 34.5 Å². The molecular weight excluding hydrogens is 358 g/mol. The number of anilines is 2. The number of nitrogens with one attached hydrogen (secondary N) is 1. The average molecular weight is 384 g/mol. The molecule has 27 heavy (non-hydrogen) atoms. The van der Waals surface area contributed by atoms with Crippen LogP contribution in [-0.4, -0.2) is 42.9 Å². The zero-order chi connectivity index (χ0) is 18.6. The van der Waals surface area contributed by atoms with Crippen molar-refractivity contribution in [1.82, 2.24) is 4.90 Å². The number of piperidine rings is 1. The zero-order valence-electron chi connectivity index (χ0n) is 15.4. The van der Waals surface area contributed by atoms with E-state index >= 15 is 0 Å². The second-order valence-electron chi connectivity index (χ2n) is 7.21. The number of carbonyl (C=O) groups excluding carboxylic acids is 2. The first-order valence-corrected chi connectivity index (χ1v) is 10.6. The molecule has 4 rings (SSSR count). The molecule has 3 heterocycles. The highest BCUT2D eigenvalue weighted by Crippen LogP contribution is 2.29. The molecule has 5 nitrogen and oxygen atoms in total. The molecule has 1 N–H and O–H groups in total. The lowest BCUT2D eigenvalue weighted by Crippen LogP contribution is -2.34. The third-order valence-corrected chi connectivity index (χ3v) is 6.19. The van der Waals surface area contributed by atoms with E-state index < -0.39 is 0 Å². The monoisotopic (exact) mass is 383 g/mol. The number of thiophene rings is 1. The topological polar surface area (TPSA) is 52.7 Å². The molecule has 0 bridgehead atoms. The molecule has 2 fully saturated rings. The maximum Gasteiger partial charge on any atom is 0.265 e. The van der Waals surface area contributed by atoms with E-state index in [1.54, 1.807) is 6.07 Å². The fourth-order valence-corrected chi connectivity index (χ4v) is 4.51. The van der Waals surface area contributed by atoms with Gasteiger partial charge in [0, 0.05) is 37.6 Å². The quantitative estimate of drug-likeness (QED) is 0.860. The zero-order valence-corrected chi connectivity index (χ0v) is 16.3. The van der Waals surface area contributed by atoms with Gasteiger partial charge in [-0.15, -0.1) is 11.3 Å². The molecule has 1 aromatic carbocycles. The van der Waals surface area contributed by atoms with Crippen LogP contribution < -0.4 is 10.2 Å². The Labute approximate surface area is 164 Å². The molecule has 2 aliphatic heterocycles. The third-order valence-electron chi connectivity index (χ3n) is 5.32. The number of rotatable bonds is 4. The summed E-state index contributed by atoms with van der Waals surface area (Å²) < 4.78 is 0. The van der Waals surface area contributed by atoms with Crippen molar-refractivity contribution in [3.63, 3.8) is 0 Å². The first-order chi connectivity index (χ1) is 13.2. The summed E-state index contributed by atoms with van der Waals surface area (Å²) in [5.41, 5.74) is 2.39. The van der Waals surface area contributed by atoms with Crippen LogP contribution in [0.1, 0.15) is 52.1 Å². The van der Waals surface area contributed by atoms with Crippen LogP contribution in [0.4, 0.5) is 11.4 Å². The van der Waals surface area contributed by atoms with Crippen molar-refractivity contribution in [2.45, 2.75) is 32.1 Å². The van der Waals surface area contributed by atoms with Gasteiger partial charge in [-0.3, -0.25) is 9.59 Å². The van der Waals surface area contributed by atoms with E-state index in [1.807, 2.05) is 34.5 Å². The van der Waals surface area contributed by atoms with E-state index in [0.29, 0.717) is 16.1 Å². The summed E-state index contributed by atoms with van der Waals surface area (Å²) in [6.45, 7) is 3.62. The number of hydrogen-bond donors (Lipinski definition) is 1. The molecule has 0 radical (unpaired) electrons. The average Bonchev–Trinajstić information content (AvgIpc) is 3.42. The van der Waals surface area contributed by atoms with Gasteiger partial charge < -0.3 is 15.1 Å². The van der Waals surface area contributed by atoms with Crippen LogP contribution in [0, 0.1) is 0 Å². The number of benzene rings is 1. The largest absolute Gasteiger partial charge is 0.371 e. The number of likely N-dealkylation sites (tertiary alicyclic amines) is 1. The van der Waals surface area contributed by atoms with Crippen molar-refractivity contribution in [2.24, 2.45) is 0 Å². The molecule has 2 saturated heterocycles. The van der Waals surface area contributed by atoms with E-state index in [4.69, 9.17) is 0 Å². The van der Waals surface area contributed by atoms with Gasteiger partial charge >= 0.3 is 0 Å². The Hall–Kier alpha value is -2.34. The van der Waals surface area contributed by atoms with Gasteiger partial charge in [0.1, 0.15) is 0 Å². The van der Waals surface area contributed by atoms with Gasteiger partial charge in [-0.05, 0) is 61.7 Å². The predicted octanol–water partition coefficient (Wildman–Crippen LogP) is 4.23. The van der Waals surface area contributed by atoms with E-state index in [1.165, 1.54) is 17.8 Å². The predicted molar refractivity (Wildman–Crippen MR) is 110 cm³/mol. The maximum absolute atomic E-state index is 13.2. The normalized spacial score (nSPS) is 17.2. The van der Waals surface area contributed by atoms with Gasteiger partial charge in [0.2, 0.25) is 0 Å². The smallest absolute Gasteiger partial charge is 0.265 e. The minimum absolute atomic E-state index is 0.0836. The fourth-order valence-electron chi connectivity index (χ4n) is 3.89. The summed E-state index contributed by atoms with van der Waals surface area (Å²) in [5, 5.41) is 4.83. The van der Waals surface area contributed by atoms with Crippen molar-refractivity contribution < 1.29 is 9.59 Å². The van der Waals surface area contributed by atoms with Gasteiger partial charge in [0.25, 0.3) is 11.8 Å². The highest BCUT2D eigenvalue weighted by Gasteiger charge is 2.25. The molecule has 2 amide bonds. The fraction of sp³-hybridized carbons (Fsp3) is 0.429. The summed E-state index contributed by atoms with van der Waals surface area (Å²) in [7, 11) is 0. The summed E-state index contributed by atoms with van der Waals surface area (Å²) in [5.74, 6) is -0.0457. The minimum Gasteiger partial charge on any atom is -0.371 e. The Morgan fingerprint density at radius 2 is 1.67 bits per heavy atom. The van der Waals surface area contributed by atoms with Crippen LogP contribution in [-0.2, 0) is 0 Å². The lowest BCUT2D eigenvalue weighted by atomic mass is 10.1. The van der Waals surface area contributed by atoms with Crippen molar-refractivity contribution in [3.8, 4) is 0 Å². The molecular formula is C21H25N3O2S. The Morgan fingerprint density at radius 1 is 0.926 bits per heavy atom. The standard InChI is InChI=1S/C21H25N3O2S/c25-20(19-7-6-14-27-19)22-16-8-9-18(23-10-2-1-3-11-23)17(15-16)21(26)24-12-4-5-13-24/h6-9,14-15H,1-5,10-13H2,(H,22,25). The SMILES string of the molecule is O=C(Nc1ccc(N2CCCCC2)c(C(=O)N2CCCC2)c1)c1cccs1. The number of hydrogen-bond acceptors (Lipinski definition) is 4. The summed E-state index contributed by atoms with van der Waals surface area (Å²) >= 11 is 1.41. The van der Waals surface area contributed by atoms with Crippen LogP contribution >= 0.6 is 11.3 Å². The van der Waals surface area contributed by atoms with Gasteiger partial charge in [-0.25, -0.2) is 0 Å². The molecule has 6 heteroatoms. The van der Waals surface area contributed by atoms with Gasteiger partial charge in [-0.2, -0.15) is 0 Å². The number of nitrogens with zero attached hydrogens (tertiary/aromatic N) is 2. The van der Waals surface area contributed by atoms with Crippen LogP contribution in [0.25, 0.3) is 0 Å². The molecule has 0 spiro atoms. The minimum atomic E-state index is -0.129. The van der Waals surface area contributed by atoms with E-state index in [2.05, 4.69) is 10.2 Å². The molecule has 1 aromatic heterocycles. The summed E-state index contributed by atoms with van der Waals surface area (Å²) in [6, 6.07) is 9.44. The molecule has 0 saturated carbocycles. The lowest BCUT2D eigenvalue weighted by molar-refractivity contribution is 0.0793. The highest BCUT2D eigenvalue weighted by molar-refractivity contribution is 7.12. The summed E-state index contributed by atoms with van der Waals surface area (Å²) in [4.78, 5) is 30.5. The Morgan fingerprint density at radius 3 is 2.37 bits per heavy atom. The molecule has 2 aliphatic rings. The van der Waals surface area contributed by atoms with E-state index in [0.717, 1.165) is 57.5 Å². The van der Waals surface area contributed by atoms with E-state index in [9.17, 15) is 9.59 Å². The first kappa shape index (κ1) is 18.0. The molecule has 142 valence electrons. The van der Waals surface area contributed by atoms with Gasteiger partial charge in [-0.1, -0.05) is 6.07 Å².